The Bertz CT molecular complexity index is 1330. The Morgan fingerprint density at radius 3 is 2.91 bits per heavy atom. The molecular weight excluding hydrogens is 476 g/mol. The van der Waals surface area contributed by atoms with Gasteiger partial charge in [0.05, 0.1) is 39.6 Å². The van der Waals surface area contributed by atoms with Gasteiger partial charge in [-0.05, 0) is 29.8 Å². The number of amides is 1. The van der Waals surface area contributed by atoms with Crippen molar-refractivity contribution in [3.8, 4) is 10.6 Å². The molecule has 9 nitrogen and oxygen atoms in total. The van der Waals surface area contributed by atoms with Crippen LogP contribution in [0.15, 0.2) is 47.2 Å². The fourth-order valence-electron chi connectivity index (χ4n) is 4.22. The highest BCUT2D eigenvalue weighted by atomic mass is 35.5. The third kappa shape index (κ3) is 4.76. The number of nitrogens with zero attached hydrogens (tertiary/aromatic N) is 5. The number of aromatic nitrogens is 3. The number of carbonyl (C=O) groups is 1. The van der Waals surface area contributed by atoms with Crippen LogP contribution < -0.4 is 5.73 Å². The van der Waals surface area contributed by atoms with E-state index < -0.39 is 0 Å². The summed E-state index contributed by atoms with van der Waals surface area (Å²) in [4.78, 5) is 26.3. The van der Waals surface area contributed by atoms with Crippen molar-refractivity contribution in [3.05, 3.63) is 58.3 Å². The van der Waals surface area contributed by atoms with Gasteiger partial charge in [-0.1, -0.05) is 22.8 Å². The molecule has 1 saturated heterocycles. The van der Waals surface area contributed by atoms with Crippen LogP contribution in [0.2, 0.25) is 4.34 Å². The molecule has 1 fully saturated rings. The Hall–Kier alpha value is -3.05. The van der Waals surface area contributed by atoms with Crippen molar-refractivity contribution in [2.45, 2.75) is 19.1 Å². The minimum absolute atomic E-state index is 0.0318. The number of halogens is 1. The molecule has 2 N–H and O–H groups in total. The normalized spacial score (nSPS) is 17.1. The Morgan fingerprint density at radius 2 is 2.12 bits per heavy atom. The van der Waals surface area contributed by atoms with Crippen LogP contribution in [0.4, 0.5) is 5.82 Å². The molecule has 4 aromatic rings. The van der Waals surface area contributed by atoms with Crippen molar-refractivity contribution >= 4 is 45.6 Å². The molecule has 1 aliphatic heterocycles. The van der Waals surface area contributed by atoms with Crippen LogP contribution in [0.3, 0.4) is 0 Å². The Balaban J connectivity index is 1.29. The molecule has 34 heavy (non-hydrogen) atoms. The first-order valence-corrected chi connectivity index (χ1v) is 11.9. The van der Waals surface area contributed by atoms with Crippen molar-refractivity contribution in [2.24, 2.45) is 0 Å². The second-order valence-electron chi connectivity index (χ2n) is 8.20. The van der Waals surface area contributed by atoms with E-state index in [4.69, 9.17) is 26.6 Å². The predicted octanol–water partition coefficient (Wildman–Crippen LogP) is 3.44. The summed E-state index contributed by atoms with van der Waals surface area (Å²) in [5.41, 5.74) is 8.43. The van der Waals surface area contributed by atoms with Crippen molar-refractivity contribution in [2.75, 3.05) is 32.5 Å². The van der Waals surface area contributed by atoms with E-state index in [0.29, 0.717) is 42.2 Å². The standard InChI is InChI=1S/C23H23ClN6O3S/c1-32-12-16-10-29(9-15-7-19(33-28-15)20-4-5-21(24)34-20)11-22(31)30(16)8-14-2-3-17-18(6-14)26-13-27-23(17)25/h2-7,13,16H,8-12H2,1H3,(H2,25,26,27)/t16-/m1/s1. The lowest BCUT2D eigenvalue weighted by molar-refractivity contribution is -0.142. The van der Waals surface area contributed by atoms with E-state index in [-0.39, 0.29) is 18.5 Å². The largest absolute Gasteiger partial charge is 0.383 e. The lowest BCUT2D eigenvalue weighted by Crippen LogP contribution is -2.57. The van der Waals surface area contributed by atoms with Gasteiger partial charge in [0, 0.05) is 38.2 Å². The first-order valence-electron chi connectivity index (χ1n) is 10.7. The molecule has 0 saturated carbocycles. The van der Waals surface area contributed by atoms with E-state index in [9.17, 15) is 4.79 Å². The van der Waals surface area contributed by atoms with Crippen LogP contribution >= 0.6 is 22.9 Å². The molecule has 0 aliphatic carbocycles. The number of nitrogens with two attached hydrogens (primary N) is 1. The number of nitrogen functional groups attached to an aromatic ring is 1. The van der Waals surface area contributed by atoms with Crippen molar-refractivity contribution in [3.63, 3.8) is 0 Å². The van der Waals surface area contributed by atoms with Gasteiger partial charge in [-0.25, -0.2) is 9.97 Å². The maximum absolute atomic E-state index is 13.2. The van der Waals surface area contributed by atoms with E-state index in [1.807, 2.05) is 41.3 Å². The van der Waals surface area contributed by atoms with Gasteiger partial charge >= 0.3 is 0 Å². The van der Waals surface area contributed by atoms with Crippen LogP contribution in [0.1, 0.15) is 11.3 Å². The van der Waals surface area contributed by atoms with Crippen LogP contribution in [0.5, 0.6) is 0 Å². The minimum Gasteiger partial charge on any atom is -0.383 e. The van der Waals surface area contributed by atoms with Gasteiger partial charge in [-0.3, -0.25) is 9.69 Å². The second-order valence-corrected chi connectivity index (χ2v) is 9.91. The average molecular weight is 499 g/mol. The first-order chi connectivity index (χ1) is 16.5. The fourth-order valence-corrected chi connectivity index (χ4v) is 5.21. The SMILES string of the molecule is COC[C@H]1CN(Cc2cc(-c3ccc(Cl)s3)on2)CC(=O)N1Cc1ccc2c(N)ncnc2c1. The molecule has 1 amide bonds. The molecule has 3 aromatic heterocycles. The molecule has 11 heteroatoms. The van der Waals surface area contributed by atoms with E-state index in [2.05, 4.69) is 20.0 Å². The quantitative estimate of drug-likeness (QED) is 0.412. The minimum atomic E-state index is -0.0973. The zero-order valence-electron chi connectivity index (χ0n) is 18.5. The number of benzene rings is 1. The van der Waals surface area contributed by atoms with Gasteiger partial charge in [0.15, 0.2) is 5.76 Å². The molecule has 0 bridgehead atoms. The molecule has 1 atom stereocenters. The third-order valence-electron chi connectivity index (χ3n) is 5.79. The van der Waals surface area contributed by atoms with Crippen molar-refractivity contribution < 1.29 is 14.1 Å². The van der Waals surface area contributed by atoms with Crippen LogP contribution in [0.25, 0.3) is 21.5 Å². The van der Waals surface area contributed by atoms with E-state index in [0.717, 1.165) is 27.0 Å². The van der Waals surface area contributed by atoms with Gasteiger partial charge in [-0.15, -0.1) is 11.3 Å². The molecule has 0 radical (unpaired) electrons. The molecule has 5 rings (SSSR count). The molecule has 1 aliphatic rings. The number of thiophene rings is 1. The number of carbonyl (C=O) groups excluding carboxylic acids is 1. The van der Waals surface area contributed by atoms with E-state index >= 15 is 0 Å². The Morgan fingerprint density at radius 1 is 1.24 bits per heavy atom. The number of piperazine rings is 1. The summed E-state index contributed by atoms with van der Waals surface area (Å²) in [7, 11) is 1.65. The van der Waals surface area contributed by atoms with Gasteiger partial charge in [0.25, 0.3) is 0 Å². The number of hydrogen-bond acceptors (Lipinski definition) is 9. The number of anilines is 1. The Kier molecular flexibility index (Phi) is 6.46. The van der Waals surface area contributed by atoms with Crippen molar-refractivity contribution in [1.82, 2.24) is 24.9 Å². The number of hydrogen-bond donors (Lipinski definition) is 1. The maximum atomic E-state index is 13.2. The van der Waals surface area contributed by atoms with Gasteiger partial charge < -0.3 is 19.9 Å². The Labute approximate surface area is 205 Å². The van der Waals surface area contributed by atoms with Crippen LogP contribution in [-0.2, 0) is 22.6 Å². The lowest BCUT2D eigenvalue weighted by Gasteiger charge is -2.40. The summed E-state index contributed by atoms with van der Waals surface area (Å²) < 4.78 is 11.6. The second kappa shape index (κ2) is 9.67. The number of fused-ring (bicyclic) bond motifs is 1. The molecule has 1 aromatic carbocycles. The summed E-state index contributed by atoms with van der Waals surface area (Å²) in [6.45, 7) is 2.36. The van der Waals surface area contributed by atoms with Gasteiger partial charge in [0.2, 0.25) is 5.91 Å². The smallest absolute Gasteiger partial charge is 0.237 e. The summed E-state index contributed by atoms with van der Waals surface area (Å²) in [5, 5.41) is 4.98. The number of rotatable bonds is 7. The predicted molar refractivity (Wildman–Crippen MR) is 130 cm³/mol. The van der Waals surface area contributed by atoms with Gasteiger partial charge in [-0.2, -0.15) is 0 Å². The third-order valence-corrected chi connectivity index (χ3v) is 7.04. The van der Waals surface area contributed by atoms with E-state index in [1.165, 1.54) is 17.7 Å². The summed E-state index contributed by atoms with van der Waals surface area (Å²) in [5.74, 6) is 1.15. The summed E-state index contributed by atoms with van der Waals surface area (Å²) in [6, 6.07) is 11.3. The maximum Gasteiger partial charge on any atom is 0.237 e. The van der Waals surface area contributed by atoms with Gasteiger partial charge in [0.1, 0.15) is 12.1 Å². The van der Waals surface area contributed by atoms with Crippen LogP contribution in [-0.4, -0.2) is 63.7 Å². The summed E-state index contributed by atoms with van der Waals surface area (Å²) in [6.07, 6.45) is 1.45. The molecular formula is C23H23ClN6O3S. The lowest BCUT2D eigenvalue weighted by atomic mass is 10.1. The topological polar surface area (TPSA) is 111 Å². The number of ether oxygens (including phenoxy) is 1. The van der Waals surface area contributed by atoms with Crippen LogP contribution in [0, 0.1) is 0 Å². The van der Waals surface area contributed by atoms with E-state index in [1.54, 1.807) is 7.11 Å². The monoisotopic (exact) mass is 498 g/mol. The van der Waals surface area contributed by atoms with Crippen molar-refractivity contribution in [1.29, 1.82) is 0 Å². The zero-order chi connectivity index (χ0) is 23.7. The highest BCUT2D eigenvalue weighted by Crippen LogP contribution is 2.31. The fraction of sp³-hybridized carbons (Fsp3) is 0.304. The highest BCUT2D eigenvalue weighted by Gasteiger charge is 2.33. The average Bonchev–Trinajstić information content (AvgIpc) is 3.45. The first kappa shape index (κ1) is 22.7. The molecule has 4 heterocycles. The highest BCUT2D eigenvalue weighted by molar-refractivity contribution is 7.19. The number of methoxy groups -OCH3 is 1. The molecule has 0 spiro atoms. The molecule has 176 valence electrons. The zero-order valence-corrected chi connectivity index (χ0v) is 20.1. The molecule has 0 unspecified atom stereocenters. The summed E-state index contributed by atoms with van der Waals surface area (Å²) >= 11 is 7.46.